The molecule has 0 bridgehead atoms. The lowest BCUT2D eigenvalue weighted by Crippen LogP contribution is -2.41. The van der Waals surface area contributed by atoms with Crippen molar-refractivity contribution in [3.8, 4) is 5.75 Å². The Kier molecular flexibility index (Phi) is 9.16. The average molecular weight is 564 g/mol. The second-order valence-electron chi connectivity index (χ2n) is 9.32. The summed E-state index contributed by atoms with van der Waals surface area (Å²) in [6.07, 6.45) is 0. The lowest BCUT2D eigenvalue weighted by molar-refractivity contribution is -0.120. The monoisotopic (exact) mass is 562 g/mol. The van der Waals surface area contributed by atoms with E-state index in [2.05, 4.69) is 19.2 Å². The fourth-order valence-corrected chi connectivity index (χ4v) is 5.99. The van der Waals surface area contributed by atoms with Crippen molar-refractivity contribution in [2.45, 2.75) is 51.5 Å². The van der Waals surface area contributed by atoms with Crippen LogP contribution in [0.25, 0.3) is 0 Å². The van der Waals surface area contributed by atoms with Gasteiger partial charge in [0.05, 0.1) is 28.8 Å². The number of hydrogen-bond donors (Lipinski definition) is 1. The summed E-state index contributed by atoms with van der Waals surface area (Å²) in [5.74, 6) is 0.526. The lowest BCUT2D eigenvalue weighted by atomic mass is 9.93. The summed E-state index contributed by atoms with van der Waals surface area (Å²) < 4.78 is 33.9. The largest absolute Gasteiger partial charge is 0.496 e. The van der Waals surface area contributed by atoms with Crippen molar-refractivity contribution in [1.82, 2.24) is 5.32 Å². The van der Waals surface area contributed by atoms with Gasteiger partial charge >= 0.3 is 0 Å². The highest BCUT2D eigenvalue weighted by atomic mass is 35.5. The number of methoxy groups -OCH3 is 1. The van der Waals surface area contributed by atoms with Crippen LogP contribution in [0.2, 0.25) is 10.0 Å². The fraction of sp³-hybridized carbons (Fsp3) is 0.321. The van der Waals surface area contributed by atoms with Crippen molar-refractivity contribution >= 4 is 44.8 Å². The lowest BCUT2D eigenvalue weighted by Gasteiger charge is -2.26. The van der Waals surface area contributed by atoms with E-state index in [0.29, 0.717) is 5.02 Å². The van der Waals surface area contributed by atoms with Gasteiger partial charge in [-0.3, -0.25) is 9.10 Å². The molecule has 9 heteroatoms. The van der Waals surface area contributed by atoms with E-state index in [9.17, 15) is 13.2 Å². The molecule has 1 N–H and O–H groups in total. The Morgan fingerprint density at radius 3 is 2.22 bits per heavy atom. The zero-order valence-corrected chi connectivity index (χ0v) is 24.1. The first kappa shape index (κ1) is 28.8. The quantitative estimate of drug-likeness (QED) is 0.310. The zero-order chi connectivity index (χ0) is 27.5. The van der Waals surface area contributed by atoms with Gasteiger partial charge in [-0.15, -0.1) is 0 Å². The highest BCUT2D eigenvalue weighted by Gasteiger charge is 2.29. The predicted octanol–water partition coefficient (Wildman–Crippen LogP) is 6.81. The molecular weight excluding hydrogens is 531 g/mol. The molecule has 198 valence electrons. The number of sulfonamides is 1. The van der Waals surface area contributed by atoms with Crippen LogP contribution in [0.4, 0.5) is 5.69 Å². The molecule has 3 rings (SSSR count). The molecule has 0 saturated carbocycles. The number of hydrogen-bond acceptors (Lipinski definition) is 4. The number of benzene rings is 3. The Morgan fingerprint density at radius 1 is 0.973 bits per heavy atom. The molecule has 0 fully saturated rings. The summed E-state index contributed by atoms with van der Waals surface area (Å²) in [6, 6.07) is 14.5. The van der Waals surface area contributed by atoms with Crippen LogP contribution in [0, 0.1) is 13.8 Å². The SMILES string of the molecule is COc1cc(C)c([C@H](C)NC(=O)CN(c2cc(Cl)ccc2Cl)S(=O)(=O)c2ccc(C)cc2)cc1C(C)C. The van der Waals surface area contributed by atoms with E-state index >= 15 is 0 Å². The molecule has 3 aromatic rings. The van der Waals surface area contributed by atoms with Gasteiger partial charge in [0.1, 0.15) is 12.3 Å². The van der Waals surface area contributed by atoms with Gasteiger partial charge in [-0.25, -0.2) is 8.42 Å². The van der Waals surface area contributed by atoms with Crippen LogP contribution in [0.5, 0.6) is 5.75 Å². The van der Waals surface area contributed by atoms with Crippen LogP contribution in [0.3, 0.4) is 0 Å². The van der Waals surface area contributed by atoms with Crippen LogP contribution in [-0.4, -0.2) is 28.0 Å². The Labute approximate surface area is 229 Å². The molecule has 0 aliphatic carbocycles. The molecule has 0 saturated heterocycles. The molecule has 0 radical (unpaired) electrons. The van der Waals surface area contributed by atoms with Crippen molar-refractivity contribution in [3.05, 3.63) is 86.9 Å². The number of nitrogens with one attached hydrogen (secondary N) is 1. The van der Waals surface area contributed by atoms with E-state index in [-0.39, 0.29) is 27.6 Å². The van der Waals surface area contributed by atoms with Gasteiger partial charge in [0, 0.05) is 5.02 Å². The number of halogens is 2. The maximum atomic E-state index is 13.7. The summed E-state index contributed by atoms with van der Waals surface area (Å²) in [6.45, 7) is 9.34. The summed E-state index contributed by atoms with van der Waals surface area (Å²) in [5, 5.41) is 3.40. The fourth-order valence-electron chi connectivity index (χ4n) is 4.12. The van der Waals surface area contributed by atoms with Gasteiger partial charge in [-0.2, -0.15) is 0 Å². The van der Waals surface area contributed by atoms with E-state index in [4.69, 9.17) is 27.9 Å². The number of nitrogens with zero attached hydrogens (tertiary/aromatic N) is 1. The molecule has 0 unspecified atom stereocenters. The Hall–Kier alpha value is -2.74. The molecule has 0 aliphatic rings. The van der Waals surface area contributed by atoms with Gasteiger partial charge < -0.3 is 10.1 Å². The number of carbonyl (C=O) groups is 1. The first-order valence-corrected chi connectivity index (χ1v) is 14.1. The summed E-state index contributed by atoms with van der Waals surface area (Å²) >= 11 is 12.6. The first-order valence-electron chi connectivity index (χ1n) is 11.9. The van der Waals surface area contributed by atoms with Crippen molar-refractivity contribution in [2.75, 3.05) is 18.0 Å². The molecule has 6 nitrogen and oxygen atoms in total. The molecule has 0 spiro atoms. The minimum Gasteiger partial charge on any atom is -0.496 e. The number of anilines is 1. The molecule has 37 heavy (non-hydrogen) atoms. The molecule has 1 amide bonds. The minimum atomic E-state index is -4.13. The number of aryl methyl sites for hydroxylation is 2. The van der Waals surface area contributed by atoms with E-state index in [0.717, 1.165) is 32.3 Å². The summed E-state index contributed by atoms with van der Waals surface area (Å²) in [7, 11) is -2.49. The Morgan fingerprint density at radius 2 is 1.62 bits per heavy atom. The van der Waals surface area contributed by atoms with Gasteiger partial charge in [0.2, 0.25) is 5.91 Å². The first-order chi connectivity index (χ1) is 17.3. The number of ether oxygens (including phenoxy) is 1. The van der Waals surface area contributed by atoms with Crippen LogP contribution in [0.15, 0.2) is 59.5 Å². The van der Waals surface area contributed by atoms with Gasteiger partial charge in [-0.05, 0) is 85.8 Å². The van der Waals surface area contributed by atoms with Crippen LogP contribution < -0.4 is 14.4 Å². The molecule has 0 aliphatic heterocycles. The normalized spacial score (nSPS) is 12.4. The Balaban J connectivity index is 1.96. The van der Waals surface area contributed by atoms with E-state index < -0.39 is 22.5 Å². The van der Waals surface area contributed by atoms with Crippen molar-refractivity contribution < 1.29 is 17.9 Å². The van der Waals surface area contributed by atoms with Crippen LogP contribution >= 0.6 is 23.2 Å². The highest BCUT2D eigenvalue weighted by Crippen LogP contribution is 2.34. The average Bonchev–Trinajstić information content (AvgIpc) is 2.83. The second kappa shape index (κ2) is 11.8. The highest BCUT2D eigenvalue weighted by molar-refractivity contribution is 7.92. The molecule has 0 aromatic heterocycles. The van der Waals surface area contributed by atoms with E-state index in [1.807, 2.05) is 32.9 Å². The third kappa shape index (κ3) is 6.58. The van der Waals surface area contributed by atoms with Gasteiger partial charge in [-0.1, -0.05) is 54.7 Å². The third-order valence-corrected chi connectivity index (χ3v) is 8.49. The minimum absolute atomic E-state index is 0.0440. The van der Waals surface area contributed by atoms with E-state index in [1.54, 1.807) is 25.3 Å². The van der Waals surface area contributed by atoms with E-state index in [1.165, 1.54) is 24.3 Å². The second-order valence-corrected chi connectivity index (χ2v) is 12.0. The summed E-state index contributed by atoms with van der Waals surface area (Å²) in [4.78, 5) is 13.3. The maximum Gasteiger partial charge on any atom is 0.264 e. The molecule has 0 heterocycles. The van der Waals surface area contributed by atoms with Crippen molar-refractivity contribution in [1.29, 1.82) is 0 Å². The summed E-state index contributed by atoms with van der Waals surface area (Å²) in [5.41, 5.74) is 3.94. The zero-order valence-electron chi connectivity index (χ0n) is 21.8. The molecule has 3 aromatic carbocycles. The van der Waals surface area contributed by atoms with Gasteiger partial charge in [0.15, 0.2) is 0 Å². The topological polar surface area (TPSA) is 75.7 Å². The van der Waals surface area contributed by atoms with Crippen LogP contribution in [0.1, 0.15) is 55.0 Å². The Bertz CT molecular complexity index is 1390. The van der Waals surface area contributed by atoms with Gasteiger partial charge in [0.25, 0.3) is 10.0 Å². The molecule has 1 atom stereocenters. The maximum absolute atomic E-state index is 13.7. The smallest absolute Gasteiger partial charge is 0.264 e. The number of amides is 1. The number of carbonyl (C=O) groups excluding carboxylic acids is 1. The van der Waals surface area contributed by atoms with Crippen molar-refractivity contribution in [2.24, 2.45) is 0 Å². The molecular formula is C28H32Cl2N2O4S. The van der Waals surface area contributed by atoms with Crippen molar-refractivity contribution in [3.63, 3.8) is 0 Å². The standard InChI is InChI=1S/C28H32Cl2N2O4S/c1-17(2)23-15-24(19(4)13-27(23)36-6)20(5)31-28(33)16-32(26-14-21(29)9-12-25(26)30)37(34,35)22-10-7-18(3)8-11-22/h7-15,17,20H,16H2,1-6H3,(H,31,33)/t20-/m0/s1. The predicted molar refractivity (Wildman–Crippen MR) is 151 cm³/mol. The third-order valence-electron chi connectivity index (χ3n) is 6.16. The van der Waals surface area contributed by atoms with Crippen LogP contribution in [-0.2, 0) is 14.8 Å². The number of rotatable bonds is 9.